The molecular weight excluding hydrogens is 394 g/mol. The van der Waals surface area contributed by atoms with Gasteiger partial charge < -0.3 is 15.4 Å². The molecule has 150 valence electrons. The van der Waals surface area contributed by atoms with Crippen molar-refractivity contribution in [3.63, 3.8) is 0 Å². The average Bonchev–Trinajstić information content (AvgIpc) is 3.04. The minimum atomic E-state index is -0.451. The van der Waals surface area contributed by atoms with Crippen molar-refractivity contribution in [1.82, 2.24) is 15.0 Å². The number of benzene rings is 2. The van der Waals surface area contributed by atoms with E-state index in [0.29, 0.717) is 27.8 Å². The van der Waals surface area contributed by atoms with Crippen molar-refractivity contribution in [2.75, 3.05) is 17.7 Å². The molecule has 0 aliphatic rings. The van der Waals surface area contributed by atoms with Gasteiger partial charge in [-0.05, 0) is 43.7 Å². The molecular formula is C20H20ClN5O3. The van der Waals surface area contributed by atoms with E-state index in [4.69, 9.17) is 16.3 Å². The molecule has 2 aromatic carbocycles. The number of nitrogens with zero attached hydrogens (tertiary/aromatic N) is 3. The molecule has 0 fully saturated rings. The molecule has 3 aromatic rings. The lowest BCUT2D eigenvalue weighted by Crippen LogP contribution is -2.21. The maximum atomic E-state index is 12.5. The van der Waals surface area contributed by atoms with E-state index >= 15 is 0 Å². The number of aryl methyl sites for hydroxylation is 1. The largest absolute Gasteiger partial charge is 0.497 e. The molecule has 0 aliphatic heterocycles. The molecule has 0 saturated heterocycles. The van der Waals surface area contributed by atoms with Crippen LogP contribution in [-0.4, -0.2) is 33.9 Å². The van der Waals surface area contributed by atoms with Crippen molar-refractivity contribution in [3.8, 4) is 5.75 Å². The fraction of sp³-hybridized carbons (Fsp3) is 0.200. The Balaban J connectivity index is 1.68. The van der Waals surface area contributed by atoms with Crippen LogP contribution in [-0.2, 0) is 11.3 Å². The highest BCUT2D eigenvalue weighted by atomic mass is 35.5. The molecule has 0 spiro atoms. The van der Waals surface area contributed by atoms with Gasteiger partial charge in [0.05, 0.1) is 23.5 Å². The predicted octanol–water partition coefficient (Wildman–Crippen LogP) is 3.45. The maximum absolute atomic E-state index is 12.5. The summed E-state index contributed by atoms with van der Waals surface area (Å²) in [4.78, 5) is 24.9. The van der Waals surface area contributed by atoms with Gasteiger partial charge in [-0.1, -0.05) is 28.9 Å². The summed E-state index contributed by atoms with van der Waals surface area (Å²) in [5, 5.41) is 13.7. The lowest BCUT2D eigenvalue weighted by Gasteiger charge is -2.08. The highest BCUT2D eigenvalue weighted by molar-refractivity contribution is 6.34. The smallest absolute Gasteiger partial charge is 0.278 e. The van der Waals surface area contributed by atoms with Crippen molar-refractivity contribution in [2.24, 2.45) is 0 Å². The zero-order chi connectivity index (χ0) is 21.0. The van der Waals surface area contributed by atoms with Crippen LogP contribution in [0.5, 0.6) is 5.75 Å². The molecule has 2 N–H and O–H groups in total. The van der Waals surface area contributed by atoms with Crippen LogP contribution in [0.3, 0.4) is 0 Å². The second-order valence-electron chi connectivity index (χ2n) is 6.40. The van der Waals surface area contributed by atoms with Gasteiger partial charge in [0.25, 0.3) is 5.91 Å². The van der Waals surface area contributed by atoms with Crippen molar-refractivity contribution in [1.29, 1.82) is 0 Å². The third-order valence-corrected chi connectivity index (χ3v) is 4.53. The number of ether oxygens (including phenoxy) is 1. The first-order valence-corrected chi connectivity index (χ1v) is 9.16. The molecule has 1 aromatic heterocycles. The van der Waals surface area contributed by atoms with Gasteiger partial charge in [0, 0.05) is 11.8 Å². The Kier molecular flexibility index (Phi) is 6.13. The SMILES string of the molecule is COc1cccc(NC(=O)Cn2nnc(C(=O)Nc3ccc(C)cc3Cl)c2C)c1. The normalized spacial score (nSPS) is 10.5. The molecule has 0 atom stereocenters. The van der Waals surface area contributed by atoms with Gasteiger partial charge in [-0.15, -0.1) is 5.10 Å². The van der Waals surface area contributed by atoms with Gasteiger partial charge in [-0.25, -0.2) is 4.68 Å². The third kappa shape index (κ3) is 4.91. The number of rotatable bonds is 6. The third-order valence-electron chi connectivity index (χ3n) is 4.22. The molecule has 0 bridgehead atoms. The van der Waals surface area contributed by atoms with Crippen molar-refractivity contribution in [2.45, 2.75) is 20.4 Å². The predicted molar refractivity (Wildman–Crippen MR) is 111 cm³/mol. The zero-order valence-corrected chi connectivity index (χ0v) is 16.9. The Morgan fingerprint density at radius 2 is 1.93 bits per heavy atom. The first kappa shape index (κ1) is 20.3. The maximum Gasteiger partial charge on any atom is 0.278 e. The van der Waals surface area contributed by atoms with Crippen LogP contribution in [0.1, 0.15) is 21.7 Å². The number of nitrogens with one attached hydrogen (secondary N) is 2. The van der Waals surface area contributed by atoms with Crippen LogP contribution in [0.15, 0.2) is 42.5 Å². The Morgan fingerprint density at radius 3 is 2.66 bits per heavy atom. The Morgan fingerprint density at radius 1 is 1.14 bits per heavy atom. The van der Waals surface area contributed by atoms with Gasteiger partial charge >= 0.3 is 0 Å². The van der Waals surface area contributed by atoms with Gasteiger partial charge in [-0.2, -0.15) is 0 Å². The summed E-state index contributed by atoms with van der Waals surface area (Å²) in [6, 6.07) is 12.3. The van der Waals surface area contributed by atoms with Crippen molar-refractivity contribution in [3.05, 3.63) is 64.4 Å². The molecule has 2 amide bonds. The van der Waals surface area contributed by atoms with E-state index in [0.717, 1.165) is 5.56 Å². The van der Waals surface area contributed by atoms with E-state index in [1.165, 1.54) is 4.68 Å². The summed E-state index contributed by atoms with van der Waals surface area (Å²) in [6.07, 6.45) is 0. The quantitative estimate of drug-likeness (QED) is 0.645. The summed E-state index contributed by atoms with van der Waals surface area (Å²) in [6.45, 7) is 3.49. The van der Waals surface area contributed by atoms with Crippen LogP contribution >= 0.6 is 11.6 Å². The fourth-order valence-electron chi connectivity index (χ4n) is 2.66. The Hall–Kier alpha value is -3.39. The average molecular weight is 414 g/mol. The van der Waals surface area contributed by atoms with E-state index in [9.17, 15) is 9.59 Å². The summed E-state index contributed by atoms with van der Waals surface area (Å²) in [5.41, 5.74) is 2.64. The molecule has 0 saturated carbocycles. The van der Waals surface area contributed by atoms with E-state index in [2.05, 4.69) is 20.9 Å². The molecule has 3 rings (SSSR count). The molecule has 9 heteroatoms. The van der Waals surface area contributed by atoms with Crippen LogP contribution < -0.4 is 15.4 Å². The Labute approximate surface area is 172 Å². The number of hydrogen-bond acceptors (Lipinski definition) is 5. The van der Waals surface area contributed by atoms with Gasteiger partial charge in [0.15, 0.2) is 5.69 Å². The molecule has 0 radical (unpaired) electrons. The van der Waals surface area contributed by atoms with E-state index in [-0.39, 0.29) is 18.1 Å². The van der Waals surface area contributed by atoms with Crippen LogP contribution in [0.4, 0.5) is 11.4 Å². The Bertz CT molecular complexity index is 1060. The van der Waals surface area contributed by atoms with E-state index in [1.54, 1.807) is 50.4 Å². The topological polar surface area (TPSA) is 98.1 Å². The standard InChI is InChI=1S/C20H20ClN5O3/c1-12-7-8-17(16(21)9-12)23-20(28)19-13(2)26(25-24-19)11-18(27)22-14-5-4-6-15(10-14)29-3/h4-10H,11H2,1-3H3,(H,22,27)(H,23,28). The number of anilines is 2. The minimum Gasteiger partial charge on any atom is -0.497 e. The first-order chi connectivity index (χ1) is 13.9. The number of carbonyl (C=O) groups is 2. The number of methoxy groups -OCH3 is 1. The highest BCUT2D eigenvalue weighted by Crippen LogP contribution is 2.23. The molecule has 0 unspecified atom stereocenters. The number of hydrogen-bond donors (Lipinski definition) is 2. The number of carbonyl (C=O) groups excluding carboxylic acids is 2. The fourth-order valence-corrected chi connectivity index (χ4v) is 2.94. The lowest BCUT2D eigenvalue weighted by molar-refractivity contribution is -0.117. The number of aromatic nitrogens is 3. The summed E-state index contributed by atoms with van der Waals surface area (Å²) in [7, 11) is 1.55. The van der Waals surface area contributed by atoms with E-state index in [1.807, 2.05) is 13.0 Å². The molecule has 0 aliphatic carbocycles. The summed E-state index contributed by atoms with van der Waals surface area (Å²) in [5.74, 6) is -0.124. The monoisotopic (exact) mass is 413 g/mol. The minimum absolute atomic E-state index is 0.0887. The molecule has 1 heterocycles. The number of halogens is 1. The molecule has 29 heavy (non-hydrogen) atoms. The van der Waals surface area contributed by atoms with Crippen LogP contribution in [0.2, 0.25) is 5.02 Å². The van der Waals surface area contributed by atoms with Crippen molar-refractivity contribution < 1.29 is 14.3 Å². The van der Waals surface area contributed by atoms with Crippen LogP contribution in [0, 0.1) is 13.8 Å². The van der Waals surface area contributed by atoms with Gasteiger partial charge in [-0.3, -0.25) is 9.59 Å². The second-order valence-corrected chi connectivity index (χ2v) is 6.81. The second kappa shape index (κ2) is 8.74. The highest BCUT2D eigenvalue weighted by Gasteiger charge is 2.19. The zero-order valence-electron chi connectivity index (χ0n) is 16.2. The van der Waals surface area contributed by atoms with Crippen LogP contribution in [0.25, 0.3) is 0 Å². The first-order valence-electron chi connectivity index (χ1n) is 8.79. The van der Waals surface area contributed by atoms with E-state index < -0.39 is 5.91 Å². The van der Waals surface area contributed by atoms with Gasteiger partial charge in [0.2, 0.25) is 5.91 Å². The summed E-state index contributed by atoms with van der Waals surface area (Å²) < 4.78 is 6.50. The van der Waals surface area contributed by atoms with Gasteiger partial charge in [0.1, 0.15) is 12.3 Å². The molecule has 8 nitrogen and oxygen atoms in total. The van der Waals surface area contributed by atoms with Crippen molar-refractivity contribution >= 4 is 34.8 Å². The summed E-state index contributed by atoms with van der Waals surface area (Å²) >= 11 is 6.16. The number of amides is 2. The lowest BCUT2D eigenvalue weighted by atomic mass is 10.2.